The summed E-state index contributed by atoms with van der Waals surface area (Å²) in [4.78, 5) is 41.6. The number of amides is 2. The topological polar surface area (TPSA) is 83.9 Å². The second-order valence-corrected chi connectivity index (χ2v) is 7.61. The zero-order valence-electron chi connectivity index (χ0n) is 18.0. The molecule has 1 saturated heterocycles. The first-order valence-corrected chi connectivity index (χ1v) is 10.6. The Bertz CT molecular complexity index is 921. The van der Waals surface area contributed by atoms with Gasteiger partial charge in [-0.15, -0.1) is 0 Å². The molecule has 166 valence electrons. The van der Waals surface area contributed by atoms with E-state index < -0.39 is 0 Å². The van der Waals surface area contributed by atoms with Crippen LogP contribution in [-0.4, -0.2) is 79.2 Å². The van der Waals surface area contributed by atoms with Crippen molar-refractivity contribution < 1.29 is 14.3 Å². The zero-order valence-corrected chi connectivity index (χ0v) is 18.0. The van der Waals surface area contributed by atoms with Crippen LogP contribution < -0.4 is 10.9 Å². The number of rotatable bonds is 9. The van der Waals surface area contributed by atoms with Crippen molar-refractivity contribution in [1.29, 1.82) is 0 Å². The Morgan fingerprint density at radius 2 is 1.77 bits per heavy atom. The molecule has 31 heavy (non-hydrogen) atoms. The van der Waals surface area contributed by atoms with Gasteiger partial charge in [0, 0.05) is 52.6 Å². The highest BCUT2D eigenvalue weighted by molar-refractivity contribution is 5.94. The van der Waals surface area contributed by atoms with Gasteiger partial charge in [0.1, 0.15) is 5.56 Å². The molecule has 3 rings (SSSR count). The summed E-state index contributed by atoms with van der Waals surface area (Å²) in [5.74, 6) is -0.279. The van der Waals surface area contributed by atoms with E-state index in [2.05, 4.69) is 5.32 Å². The van der Waals surface area contributed by atoms with Crippen molar-refractivity contribution in [1.82, 2.24) is 19.7 Å². The predicted molar refractivity (Wildman–Crippen MR) is 118 cm³/mol. The number of nitrogens with one attached hydrogen (secondary N) is 1. The molecule has 0 bridgehead atoms. The van der Waals surface area contributed by atoms with E-state index in [9.17, 15) is 14.4 Å². The normalized spacial score (nSPS) is 14.4. The SMILES string of the molecule is COCCCNC(=O)CN1CCN(C(=O)c2cccn(Cc3ccccc3)c2=O)CC1. The Labute approximate surface area is 182 Å². The molecule has 0 atom stereocenters. The molecular weight excluding hydrogens is 396 g/mol. The number of aromatic nitrogens is 1. The molecule has 0 saturated carbocycles. The lowest BCUT2D eigenvalue weighted by atomic mass is 10.2. The highest BCUT2D eigenvalue weighted by atomic mass is 16.5. The van der Waals surface area contributed by atoms with E-state index in [1.165, 1.54) is 0 Å². The van der Waals surface area contributed by atoms with Gasteiger partial charge in [-0.05, 0) is 24.1 Å². The fraction of sp³-hybridized carbons (Fsp3) is 0.435. The summed E-state index contributed by atoms with van der Waals surface area (Å²) < 4.78 is 6.53. The summed E-state index contributed by atoms with van der Waals surface area (Å²) in [7, 11) is 1.64. The maximum atomic E-state index is 13.0. The number of piperazine rings is 1. The van der Waals surface area contributed by atoms with Crippen LogP contribution in [0.5, 0.6) is 0 Å². The molecule has 0 radical (unpaired) electrons. The maximum Gasteiger partial charge on any atom is 0.263 e. The fourth-order valence-electron chi connectivity index (χ4n) is 3.59. The molecule has 1 aromatic heterocycles. The number of hydrogen-bond acceptors (Lipinski definition) is 5. The summed E-state index contributed by atoms with van der Waals surface area (Å²) in [6.45, 7) is 4.12. The summed E-state index contributed by atoms with van der Waals surface area (Å²) in [5.41, 5.74) is 0.903. The first kappa shape index (κ1) is 22.7. The van der Waals surface area contributed by atoms with Gasteiger partial charge in [0.25, 0.3) is 11.5 Å². The van der Waals surface area contributed by atoms with E-state index >= 15 is 0 Å². The average molecular weight is 427 g/mol. The van der Waals surface area contributed by atoms with E-state index in [-0.39, 0.29) is 22.9 Å². The van der Waals surface area contributed by atoms with Gasteiger partial charge >= 0.3 is 0 Å². The van der Waals surface area contributed by atoms with Gasteiger partial charge in [0.05, 0.1) is 13.1 Å². The van der Waals surface area contributed by atoms with E-state index in [4.69, 9.17) is 4.74 Å². The van der Waals surface area contributed by atoms with Crippen LogP contribution in [0.25, 0.3) is 0 Å². The zero-order chi connectivity index (χ0) is 22.1. The van der Waals surface area contributed by atoms with E-state index in [1.54, 1.807) is 34.9 Å². The van der Waals surface area contributed by atoms with Crippen LogP contribution in [0, 0.1) is 0 Å². The van der Waals surface area contributed by atoms with Crippen molar-refractivity contribution in [2.45, 2.75) is 13.0 Å². The van der Waals surface area contributed by atoms with Gasteiger partial charge in [-0.25, -0.2) is 0 Å². The fourth-order valence-corrected chi connectivity index (χ4v) is 3.59. The smallest absolute Gasteiger partial charge is 0.263 e. The van der Waals surface area contributed by atoms with Gasteiger partial charge < -0.3 is 19.5 Å². The third-order valence-corrected chi connectivity index (χ3v) is 5.32. The molecule has 2 amide bonds. The van der Waals surface area contributed by atoms with E-state index in [0.29, 0.717) is 52.4 Å². The number of nitrogens with zero attached hydrogens (tertiary/aromatic N) is 3. The summed E-state index contributed by atoms with van der Waals surface area (Å²) >= 11 is 0. The number of carbonyl (C=O) groups is 2. The van der Waals surface area contributed by atoms with Crippen LogP contribution in [0.1, 0.15) is 22.3 Å². The van der Waals surface area contributed by atoms with Crippen molar-refractivity contribution in [3.8, 4) is 0 Å². The quantitative estimate of drug-likeness (QED) is 0.600. The Hall–Kier alpha value is -2.97. The highest BCUT2D eigenvalue weighted by Gasteiger charge is 2.25. The standard InChI is InChI=1S/C23H30N4O4/c1-31-16-6-10-24-21(28)18-25-12-14-26(15-13-25)22(29)20-9-5-11-27(23(20)30)17-19-7-3-2-4-8-19/h2-5,7-9,11H,6,10,12-18H2,1H3,(H,24,28). The lowest BCUT2D eigenvalue weighted by molar-refractivity contribution is -0.122. The number of benzene rings is 1. The first-order chi connectivity index (χ1) is 15.1. The largest absolute Gasteiger partial charge is 0.385 e. The van der Waals surface area contributed by atoms with Crippen molar-refractivity contribution in [3.63, 3.8) is 0 Å². The van der Waals surface area contributed by atoms with Gasteiger partial charge in [-0.1, -0.05) is 30.3 Å². The molecule has 0 aliphatic carbocycles. The molecule has 2 heterocycles. The Balaban J connectivity index is 1.53. The lowest BCUT2D eigenvalue weighted by Gasteiger charge is -2.34. The minimum absolute atomic E-state index is 0.0252. The number of hydrogen-bond donors (Lipinski definition) is 1. The van der Waals surface area contributed by atoms with E-state index in [1.807, 2.05) is 35.2 Å². The van der Waals surface area contributed by atoms with Crippen molar-refractivity contribution >= 4 is 11.8 Å². The molecule has 1 fully saturated rings. The van der Waals surface area contributed by atoms with Crippen molar-refractivity contribution in [2.24, 2.45) is 0 Å². The molecular formula is C23H30N4O4. The van der Waals surface area contributed by atoms with Crippen LogP contribution in [-0.2, 0) is 16.1 Å². The van der Waals surface area contributed by atoms with Crippen LogP contribution in [0.4, 0.5) is 0 Å². The van der Waals surface area contributed by atoms with Crippen molar-refractivity contribution in [3.05, 3.63) is 70.1 Å². The molecule has 1 aliphatic rings. The molecule has 8 heteroatoms. The Kier molecular flexibility index (Phi) is 8.37. The van der Waals surface area contributed by atoms with Crippen LogP contribution >= 0.6 is 0 Å². The minimum atomic E-state index is -0.283. The Morgan fingerprint density at radius 1 is 1.03 bits per heavy atom. The predicted octanol–water partition coefficient (Wildman–Crippen LogP) is 0.807. The molecule has 1 aliphatic heterocycles. The van der Waals surface area contributed by atoms with Crippen LogP contribution in [0.2, 0.25) is 0 Å². The minimum Gasteiger partial charge on any atom is -0.385 e. The number of carbonyl (C=O) groups excluding carboxylic acids is 2. The van der Waals surface area contributed by atoms with Crippen LogP contribution in [0.3, 0.4) is 0 Å². The third kappa shape index (κ3) is 6.50. The average Bonchev–Trinajstić information content (AvgIpc) is 2.79. The molecule has 0 spiro atoms. The Morgan fingerprint density at radius 3 is 2.48 bits per heavy atom. The monoisotopic (exact) mass is 426 g/mol. The second kappa shape index (κ2) is 11.4. The maximum absolute atomic E-state index is 13.0. The van der Waals surface area contributed by atoms with Crippen molar-refractivity contribution in [2.75, 3.05) is 53.0 Å². The number of ether oxygens (including phenoxy) is 1. The summed E-state index contributed by atoms with van der Waals surface area (Å²) in [5, 5.41) is 2.87. The number of pyridine rings is 1. The first-order valence-electron chi connectivity index (χ1n) is 10.6. The molecule has 0 unspecified atom stereocenters. The molecule has 2 aromatic rings. The van der Waals surface area contributed by atoms with Gasteiger partial charge in [-0.2, -0.15) is 0 Å². The molecule has 8 nitrogen and oxygen atoms in total. The number of methoxy groups -OCH3 is 1. The second-order valence-electron chi connectivity index (χ2n) is 7.61. The molecule has 1 aromatic carbocycles. The summed E-state index contributed by atoms with van der Waals surface area (Å²) in [6, 6.07) is 13.0. The van der Waals surface area contributed by atoms with Gasteiger partial charge in [0.2, 0.25) is 5.91 Å². The van der Waals surface area contributed by atoms with Crippen LogP contribution in [0.15, 0.2) is 53.5 Å². The van der Waals surface area contributed by atoms with Gasteiger partial charge in [0.15, 0.2) is 0 Å². The lowest BCUT2D eigenvalue weighted by Crippen LogP contribution is -2.52. The highest BCUT2D eigenvalue weighted by Crippen LogP contribution is 2.07. The molecule has 1 N–H and O–H groups in total. The third-order valence-electron chi connectivity index (χ3n) is 5.32. The van der Waals surface area contributed by atoms with Gasteiger partial charge in [-0.3, -0.25) is 19.3 Å². The van der Waals surface area contributed by atoms with E-state index in [0.717, 1.165) is 12.0 Å². The summed E-state index contributed by atoms with van der Waals surface area (Å²) in [6.07, 6.45) is 2.48.